The van der Waals surface area contributed by atoms with Crippen molar-refractivity contribution in [2.45, 2.75) is 0 Å². The van der Waals surface area contributed by atoms with Gasteiger partial charge in [-0.25, -0.2) is 15.0 Å². The molecule has 142 valence electrons. The van der Waals surface area contributed by atoms with Crippen LogP contribution in [0.25, 0.3) is 21.9 Å². The fourth-order valence-electron chi connectivity index (χ4n) is 2.60. The maximum Gasteiger partial charge on any atom is 0.268 e. The quantitative estimate of drug-likeness (QED) is 0.401. The van der Waals surface area contributed by atoms with Crippen molar-refractivity contribution < 1.29 is 9.59 Å². The molecule has 0 fully saturated rings. The molecule has 4 heterocycles. The zero-order valence-electron chi connectivity index (χ0n) is 15.1. The Bertz CT molecular complexity index is 1180. The van der Waals surface area contributed by atoms with Gasteiger partial charge in [-0.3, -0.25) is 14.7 Å². The average Bonchev–Trinajstić information content (AvgIpc) is 3.32. The monoisotopic (exact) mass is 379 g/mol. The molecule has 28 heavy (non-hydrogen) atoms. The summed E-state index contributed by atoms with van der Waals surface area (Å²) >= 11 is 0. The third-order valence-corrected chi connectivity index (χ3v) is 4.14. The minimum Gasteiger partial charge on any atom is -0.347 e. The SMILES string of the molecule is CN(C)C(=O)CNC(=O)c1cc2c(Nc3cc4cn[nH]c4cn3)ncnc2[nH]1. The molecule has 0 atom stereocenters. The van der Waals surface area contributed by atoms with E-state index in [1.54, 1.807) is 32.6 Å². The highest BCUT2D eigenvalue weighted by atomic mass is 16.2. The fraction of sp³-hybridized carbons (Fsp3) is 0.176. The van der Waals surface area contributed by atoms with Crippen LogP contribution in [0.2, 0.25) is 0 Å². The Morgan fingerprint density at radius 1 is 1.14 bits per heavy atom. The smallest absolute Gasteiger partial charge is 0.268 e. The molecule has 0 aromatic carbocycles. The van der Waals surface area contributed by atoms with Gasteiger partial charge in [0.1, 0.15) is 29.3 Å². The van der Waals surface area contributed by atoms with Crippen LogP contribution in [0.15, 0.2) is 30.9 Å². The number of carbonyl (C=O) groups excluding carboxylic acids is 2. The highest BCUT2D eigenvalue weighted by Gasteiger charge is 2.15. The van der Waals surface area contributed by atoms with Crippen LogP contribution in [-0.4, -0.2) is 67.5 Å². The highest BCUT2D eigenvalue weighted by Crippen LogP contribution is 2.24. The molecule has 0 bridgehead atoms. The number of hydrogen-bond acceptors (Lipinski definition) is 7. The zero-order chi connectivity index (χ0) is 19.7. The third-order valence-electron chi connectivity index (χ3n) is 4.14. The minimum absolute atomic E-state index is 0.0907. The van der Waals surface area contributed by atoms with E-state index in [0.717, 1.165) is 10.9 Å². The molecule has 4 aromatic rings. The number of pyridine rings is 1. The Balaban J connectivity index is 1.58. The van der Waals surface area contributed by atoms with Crippen molar-refractivity contribution in [3.05, 3.63) is 36.5 Å². The van der Waals surface area contributed by atoms with Crippen molar-refractivity contribution in [2.75, 3.05) is 26.0 Å². The van der Waals surface area contributed by atoms with Gasteiger partial charge >= 0.3 is 0 Å². The number of carbonyl (C=O) groups is 2. The molecule has 0 unspecified atom stereocenters. The van der Waals surface area contributed by atoms with Gasteiger partial charge in [-0.2, -0.15) is 5.10 Å². The summed E-state index contributed by atoms with van der Waals surface area (Å²) in [4.78, 5) is 41.0. The van der Waals surface area contributed by atoms with E-state index in [4.69, 9.17) is 0 Å². The first kappa shape index (κ1) is 17.4. The maximum atomic E-state index is 12.3. The summed E-state index contributed by atoms with van der Waals surface area (Å²) in [5.74, 6) is 0.474. The molecule has 0 aliphatic rings. The number of amides is 2. The molecule has 11 heteroatoms. The summed E-state index contributed by atoms with van der Waals surface area (Å²) in [6.07, 6.45) is 4.75. The van der Waals surface area contributed by atoms with Gasteiger partial charge < -0.3 is 20.5 Å². The standard InChI is InChI=1S/C17H17N9O2/c1-26(2)14(27)7-19-17(28)11-4-10-15(23-11)20-8-21-16(10)24-13-3-9-5-22-25-12(9)6-18-13/h3-6,8H,7H2,1-2H3,(H,19,28)(H,22,25)(H2,18,20,21,23,24). The molecule has 0 spiro atoms. The van der Waals surface area contributed by atoms with Crippen molar-refractivity contribution in [3.8, 4) is 0 Å². The van der Waals surface area contributed by atoms with Gasteiger partial charge in [-0.15, -0.1) is 0 Å². The number of fused-ring (bicyclic) bond motifs is 2. The summed E-state index contributed by atoms with van der Waals surface area (Å²) in [6.45, 7) is -0.0907. The highest BCUT2D eigenvalue weighted by molar-refractivity contribution is 6.01. The summed E-state index contributed by atoms with van der Waals surface area (Å²) < 4.78 is 0. The van der Waals surface area contributed by atoms with Gasteiger partial charge in [0.15, 0.2) is 0 Å². The Morgan fingerprint density at radius 3 is 2.82 bits per heavy atom. The van der Waals surface area contributed by atoms with Gasteiger partial charge in [0.2, 0.25) is 5.91 Å². The summed E-state index contributed by atoms with van der Waals surface area (Å²) in [6, 6.07) is 3.46. The van der Waals surface area contributed by atoms with Gasteiger partial charge in [0, 0.05) is 19.5 Å². The Kier molecular flexibility index (Phi) is 4.32. The van der Waals surface area contributed by atoms with Crippen LogP contribution in [0, 0.1) is 0 Å². The van der Waals surface area contributed by atoms with Crippen molar-refractivity contribution in [2.24, 2.45) is 0 Å². The third kappa shape index (κ3) is 3.32. The predicted molar refractivity (Wildman–Crippen MR) is 102 cm³/mol. The summed E-state index contributed by atoms with van der Waals surface area (Å²) in [5.41, 5.74) is 1.60. The van der Waals surface area contributed by atoms with E-state index in [-0.39, 0.29) is 18.1 Å². The molecular formula is C17H17N9O2. The molecule has 4 N–H and O–H groups in total. The van der Waals surface area contributed by atoms with Crippen LogP contribution in [0.3, 0.4) is 0 Å². The lowest BCUT2D eigenvalue weighted by Crippen LogP contribution is -2.36. The molecular weight excluding hydrogens is 362 g/mol. The van der Waals surface area contributed by atoms with E-state index < -0.39 is 5.91 Å². The number of rotatable bonds is 5. The normalized spacial score (nSPS) is 10.9. The van der Waals surface area contributed by atoms with E-state index in [9.17, 15) is 9.59 Å². The Hall–Kier alpha value is -4.02. The van der Waals surface area contributed by atoms with Crippen LogP contribution < -0.4 is 10.6 Å². The van der Waals surface area contributed by atoms with Gasteiger partial charge in [0.25, 0.3) is 5.91 Å². The van der Waals surface area contributed by atoms with Crippen molar-refractivity contribution in [1.82, 2.24) is 40.3 Å². The van der Waals surface area contributed by atoms with Crippen LogP contribution >= 0.6 is 0 Å². The lowest BCUT2D eigenvalue weighted by atomic mass is 10.3. The van der Waals surface area contributed by atoms with E-state index in [2.05, 4.69) is 40.8 Å². The second-order valence-corrected chi connectivity index (χ2v) is 6.29. The van der Waals surface area contributed by atoms with E-state index in [1.807, 2.05) is 6.07 Å². The molecule has 0 saturated carbocycles. The van der Waals surface area contributed by atoms with E-state index in [0.29, 0.717) is 22.7 Å². The summed E-state index contributed by atoms with van der Waals surface area (Å²) in [7, 11) is 3.25. The minimum atomic E-state index is -0.405. The molecule has 0 radical (unpaired) electrons. The lowest BCUT2D eigenvalue weighted by molar-refractivity contribution is -0.127. The first-order valence-corrected chi connectivity index (χ1v) is 8.39. The molecule has 2 amide bonds. The van der Waals surface area contributed by atoms with Crippen molar-refractivity contribution in [3.63, 3.8) is 0 Å². The molecule has 0 aliphatic heterocycles. The fourth-order valence-corrected chi connectivity index (χ4v) is 2.60. The van der Waals surface area contributed by atoms with Crippen molar-refractivity contribution >= 4 is 45.4 Å². The molecule has 4 aromatic heterocycles. The molecule has 0 saturated heterocycles. The van der Waals surface area contributed by atoms with Crippen LogP contribution in [0.4, 0.5) is 11.6 Å². The van der Waals surface area contributed by atoms with Gasteiger partial charge in [-0.05, 0) is 12.1 Å². The Labute approximate surface area is 158 Å². The number of H-pyrrole nitrogens is 2. The van der Waals surface area contributed by atoms with Crippen LogP contribution in [-0.2, 0) is 4.79 Å². The predicted octanol–water partition coefficient (Wildman–Crippen LogP) is 0.791. The first-order valence-electron chi connectivity index (χ1n) is 8.39. The molecule has 0 aliphatic carbocycles. The Morgan fingerprint density at radius 2 is 2.00 bits per heavy atom. The van der Waals surface area contributed by atoms with Gasteiger partial charge in [-0.1, -0.05) is 0 Å². The molecule has 4 rings (SSSR count). The number of hydrogen-bond donors (Lipinski definition) is 4. The first-order chi connectivity index (χ1) is 13.5. The van der Waals surface area contributed by atoms with E-state index in [1.165, 1.54) is 11.2 Å². The van der Waals surface area contributed by atoms with Crippen LogP contribution in [0.1, 0.15) is 10.5 Å². The number of anilines is 2. The second-order valence-electron chi connectivity index (χ2n) is 6.29. The van der Waals surface area contributed by atoms with Crippen molar-refractivity contribution in [1.29, 1.82) is 0 Å². The number of aromatic nitrogens is 6. The topological polar surface area (TPSA) is 145 Å². The average molecular weight is 379 g/mol. The zero-order valence-corrected chi connectivity index (χ0v) is 15.1. The summed E-state index contributed by atoms with van der Waals surface area (Å²) in [5, 5.41) is 14.0. The van der Waals surface area contributed by atoms with Crippen LogP contribution in [0.5, 0.6) is 0 Å². The van der Waals surface area contributed by atoms with E-state index >= 15 is 0 Å². The largest absolute Gasteiger partial charge is 0.347 e. The number of aromatic amines is 2. The second kappa shape index (κ2) is 6.95. The lowest BCUT2D eigenvalue weighted by Gasteiger charge is -2.10. The van der Waals surface area contributed by atoms with Gasteiger partial charge in [0.05, 0.1) is 29.8 Å². The number of likely N-dealkylation sites (N-methyl/N-ethyl adjacent to an activating group) is 1. The maximum absolute atomic E-state index is 12.3. The molecule has 11 nitrogen and oxygen atoms in total. The number of nitrogens with zero attached hydrogens (tertiary/aromatic N) is 5. The number of nitrogens with one attached hydrogen (secondary N) is 4.